The van der Waals surface area contributed by atoms with E-state index in [4.69, 9.17) is 5.73 Å². The molecule has 0 aliphatic heterocycles. The molecule has 0 aliphatic rings. The summed E-state index contributed by atoms with van der Waals surface area (Å²) in [6.07, 6.45) is 0. The molecular weight excluding hydrogens is 276 g/mol. The van der Waals surface area contributed by atoms with Crippen LogP contribution in [-0.2, 0) is 13.1 Å². The fourth-order valence-corrected chi connectivity index (χ4v) is 1.81. The van der Waals surface area contributed by atoms with Crippen molar-refractivity contribution >= 4 is 11.7 Å². The first-order chi connectivity index (χ1) is 10.1. The van der Waals surface area contributed by atoms with Crippen LogP contribution in [0.1, 0.15) is 11.1 Å². The molecule has 4 nitrogen and oxygen atoms in total. The van der Waals surface area contributed by atoms with E-state index in [-0.39, 0.29) is 12.2 Å². The normalized spacial score (nSPS) is 10.2. The summed E-state index contributed by atoms with van der Waals surface area (Å²) in [6, 6.07) is 9.83. The van der Waals surface area contributed by atoms with E-state index in [1.165, 1.54) is 6.07 Å². The van der Waals surface area contributed by atoms with Crippen LogP contribution in [0.4, 0.5) is 19.3 Å². The van der Waals surface area contributed by atoms with Crippen molar-refractivity contribution in [3.8, 4) is 0 Å². The third kappa shape index (κ3) is 4.25. The van der Waals surface area contributed by atoms with E-state index in [9.17, 15) is 13.6 Å². The van der Waals surface area contributed by atoms with Crippen LogP contribution in [0, 0.1) is 11.6 Å². The number of hydrogen-bond acceptors (Lipinski definition) is 2. The Hall–Kier alpha value is -2.47. The zero-order chi connectivity index (χ0) is 15.2. The maximum atomic E-state index is 13.4. The Bertz CT molecular complexity index is 647. The highest BCUT2D eigenvalue weighted by Crippen LogP contribution is 2.14. The minimum atomic E-state index is -0.824. The molecule has 2 rings (SSSR count). The van der Waals surface area contributed by atoms with Crippen molar-refractivity contribution < 1.29 is 13.6 Å². The SMILES string of the molecule is NCc1cccc(CNC(=O)Nc2ccc(F)cc2F)c1. The Balaban J connectivity index is 1.92. The van der Waals surface area contributed by atoms with Gasteiger partial charge in [-0.25, -0.2) is 13.6 Å². The Kier molecular flexibility index (Phi) is 4.84. The van der Waals surface area contributed by atoms with Crippen molar-refractivity contribution in [1.29, 1.82) is 0 Å². The number of nitrogens with one attached hydrogen (secondary N) is 2. The number of urea groups is 1. The standard InChI is InChI=1S/C15H15F2N3O/c16-12-4-5-14(13(17)7-12)20-15(21)19-9-11-3-1-2-10(6-11)8-18/h1-7H,8-9,18H2,(H2,19,20,21). The fourth-order valence-electron chi connectivity index (χ4n) is 1.81. The van der Waals surface area contributed by atoms with E-state index in [1.807, 2.05) is 24.3 Å². The van der Waals surface area contributed by atoms with Crippen molar-refractivity contribution in [2.45, 2.75) is 13.1 Å². The zero-order valence-corrected chi connectivity index (χ0v) is 11.2. The number of benzene rings is 2. The number of carbonyl (C=O) groups excluding carboxylic acids is 1. The van der Waals surface area contributed by atoms with E-state index in [1.54, 1.807) is 0 Å². The Morgan fingerprint density at radius 1 is 1.10 bits per heavy atom. The smallest absolute Gasteiger partial charge is 0.319 e. The summed E-state index contributed by atoms with van der Waals surface area (Å²) in [6.45, 7) is 0.698. The summed E-state index contributed by atoms with van der Waals surface area (Å²) in [5, 5.41) is 4.91. The minimum Gasteiger partial charge on any atom is -0.334 e. The van der Waals surface area contributed by atoms with Gasteiger partial charge in [0.1, 0.15) is 11.6 Å². The zero-order valence-electron chi connectivity index (χ0n) is 11.2. The molecular formula is C15H15F2N3O. The first-order valence-corrected chi connectivity index (χ1v) is 6.36. The van der Waals surface area contributed by atoms with Crippen LogP contribution in [0.25, 0.3) is 0 Å². The molecule has 0 aliphatic carbocycles. The van der Waals surface area contributed by atoms with Crippen LogP contribution >= 0.6 is 0 Å². The molecule has 0 radical (unpaired) electrons. The van der Waals surface area contributed by atoms with E-state index >= 15 is 0 Å². The Labute approximate surface area is 121 Å². The Morgan fingerprint density at radius 2 is 1.86 bits per heavy atom. The maximum absolute atomic E-state index is 13.4. The molecule has 0 fully saturated rings. The molecule has 2 aromatic carbocycles. The third-order valence-corrected chi connectivity index (χ3v) is 2.86. The molecule has 21 heavy (non-hydrogen) atoms. The van der Waals surface area contributed by atoms with E-state index in [2.05, 4.69) is 10.6 Å². The molecule has 0 atom stereocenters. The van der Waals surface area contributed by atoms with Gasteiger partial charge in [-0.2, -0.15) is 0 Å². The second-order valence-electron chi connectivity index (χ2n) is 4.46. The summed E-state index contributed by atoms with van der Waals surface area (Å²) in [5.74, 6) is -1.52. The summed E-state index contributed by atoms with van der Waals surface area (Å²) < 4.78 is 26.1. The van der Waals surface area contributed by atoms with Gasteiger partial charge in [0.05, 0.1) is 5.69 Å². The number of carbonyl (C=O) groups is 1. The van der Waals surface area contributed by atoms with Gasteiger partial charge in [0, 0.05) is 19.2 Å². The predicted octanol–water partition coefficient (Wildman–Crippen LogP) is 2.75. The maximum Gasteiger partial charge on any atom is 0.319 e. The van der Waals surface area contributed by atoms with Gasteiger partial charge >= 0.3 is 6.03 Å². The molecule has 2 aromatic rings. The molecule has 6 heteroatoms. The number of nitrogens with two attached hydrogens (primary N) is 1. The average Bonchev–Trinajstić information content (AvgIpc) is 2.48. The number of halogens is 2. The minimum absolute atomic E-state index is 0.0791. The molecule has 0 spiro atoms. The van der Waals surface area contributed by atoms with Gasteiger partial charge in [0.15, 0.2) is 0 Å². The van der Waals surface area contributed by atoms with Gasteiger partial charge in [-0.15, -0.1) is 0 Å². The molecule has 0 saturated heterocycles. The monoisotopic (exact) mass is 291 g/mol. The van der Waals surface area contributed by atoms with Crippen LogP contribution < -0.4 is 16.4 Å². The molecule has 110 valence electrons. The lowest BCUT2D eigenvalue weighted by Gasteiger charge is -2.09. The summed E-state index contributed by atoms with van der Waals surface area (Å²) in [7, 11) is 0. The van der Waals surface area contributed by atoms with Crippen LogP contribution in [-0.4, -0.2) is 6.03 Å². The molecule has 4 N–H and O–H groups in total. The van der Waals surface area contributed by atoms with E-state index < -0.39 is 17.7 Å². The summed E-state index contributed by atoms with van der Waals surface area (Å²) in [4.78, 5) is 11.7. The van der Waals surface area contributed by atoms with Gasteiger partial charge in [0.25, 0.3) is 0 Å². The first kappa shape index (κ1) is 14.9. The van der Waals surface area contributed by atoms with Crippen LogP contribution in [0.5, 0.6) is 0 Å². The van der Waals surface area contributed by atoms with Crippen LogP contribution in [0.3, 0.4) is 0 Å². The highest BCUT2D eigenvalue weighted by molar-refractivity contribution is 5.89. The number of hydrogen-bond donors (Lipinski definition) is 3. The van der Waals surface area contributed by atoms with Crippen molar-refractivity contribution in [3.63, 3.8) is 0 Å². The molecule has 0 saturated carbocycles. The van der Waals surface area contributed by atoms with Crippen LogP contribution in [0.15, 0.2) is 42.5 Å². The van der Waals surface area contributed by atoms with Crippen molar-refractivity contribution in [1.82, 2.24) is 5.32 Å². The number of amides is 2. The summed E-state index contributed by atoms with van der Waals surface area (Å²) >= 11 is 0. The van der Waals surface area contributed by atoms with Crippen LogP contribution in [0.2, 0.25) is 0 Å². The van der Waals surface area contributed by atoms with E-state index in [0.717, 1.165) is 17.2 Å². The summed E-state index contributed by atoms with van der Waals surface area (Å²) in [5.41, 5.74) is 7.29. The van der Waals surface area contributed by atoms with Gasteiger partial charge in [-0.05, 0) is 23.3 Å². The average molecular weight is 291 g/mol. The predicted molar refractivity (Wildman–Crippen MR) is 76.5 cm³/mol. The van der Waals surface area contributed by atoms with E-state index in [0.29, 0.717) is 12.6 Å². The second-order valence-corrected chi connectivity index (χ2v) is 4.46. The highest BCUT2D eigenvalue weighted by Gasteiger charge is 2.07. The van der Waals surface area contributed by atoms with Gasteiger partial charge in [0.2, 0.25) is 0 Å². The fraction of sp³-hybridized carbons (Fsp3) is 0.133. The molecule has 0 unspecified atom stereocenters. The Morgan fingerprint density at radius 3 is 2.57 bits per heavy atom. The molecule has 2 amide bonds. The number of anilines is 1. The quantitative estimate of drug-likeness (QED) is 0.811. The highest BCUT2D eigenvalue weighted by atomic mass is 19.1. The largest absolute Gasteiger partial charge is 0.334 e. The number of rotatable bonds is 4. The van der Waals surface area contributed by atoms with Gasteiger partial charge in [-0.1, -0.05) is 24.3 Å². The lowest BCUT2D eigenvalue weighted by molar-refractivity contribution is 0.251. The third-order valence-electron chi connectivity index (χ3n) is 2.86. The topological polar surface area (TPSA) is 67.1 Å². The lowest BCUT2D eigenvalue weighted by atomic mass is 10.1. The molecule has 0 bridgehead atoms. The van der Waals surface area contributed by atoms with Crippen molar-refractivity contribution in [2.75, 3.05) is 5.32 Å². The van der Waals surface area contributed by atoms with Gasteiger partial charge in [-0.3, -0.25) is 0 Å². The first-order valence-electron chi connectivity index (χ1n) is 6.36. The molecule has 0 aromatic heterocycles. The van der Waals surface area contributed by atoms with Crippen molar-refractivity contribution in [3.05, 3.63) is 65.2 Å². The lowest BCUT2D eigenvalue weighted by Crippen LogP contribution is -2.28. The van der Waals surface area contributed by atoms with Crippen molar-refractivity contribution in [2.24, 2.45) is 5.73 Å². The van der Waals surface area contributed by atoms with Gasteiger partial charge < -0.3 is 16.4 Å². The molecule has 0 heterocycles. The second kappa shape index (κ2) is 6.81.